The first-order valence-corrected chi connectivity index (χ1v) is 11.1. The van der Waals surface area contributed by atoms with E-state index in [9.17, 15) is 4.39 Å². The second-order valence-corrected chi connectivity index (χ2v) is 7.97. The van der Waals surface area contributed by atoms with Crippen LogP contribution in [0.5, 0.6) is 0 Å². The molecule has 4 aromatic rings. The summed E-state index contributed by atoms with van der Waals surface area (Å²) < 4.78 is 28.8. The summed E-state index contributed by atoms with van der Waals surface area (Å²) in [5.74, 6) is 10.8. The van der Waals surface area contributed by atoms with E-state index in [1.54, 1.807) is 30.3 Å². The minimum atomic E-state index is -0.644. The maximum Gasteiger partial charge on any atom is 0.146 e. The van der Waals surface area contributed by atoms with Crippen molar-refractivity contribution >= 4 is 10.8 Å². The van der Waals surface area contributed by atoms with Crippen LogP contribution in [0.4, 0.5) is 8.78 Å². The molecule has 0 atom stereocenters. The minimum absolute atomic E-state index is 0.0506. The zero-order chi connectivity index (χ0) is 23.9. The summed E-state index contributed by atoms with van der Waals surface area (Å²) >= 11 is 0. The Balaban J connectivity index is 1.56. The molecule has 4 rings (SSSR count). The van der Waals surface area contributed by atoms with Crippen LogP contribution in [0.3, 0.4) is 0 Å². The van der Waals surface area contributed by atoms with E-state index in [-0.39, 0.29) is 11.1 Å². The zero-order valence-corrected chi connectivity index (χ0v) is 18.8. The Morgan fingerprint density at radius 1 is 0.706 bits per heavy atom. The van der Waals surface area contributed by atoms with E-state index in [0.29, 0.717) is 10.9 Å². The Hall–Kier alpha value is -4.39. The van der Waals surface area contributed by atoms with Crippen molar-refractivity contribution in [2.24, 2.45) is 0 Å². The van der Waals surface area contributed by atoms with Crippen molar-refractivity contribution in [3.05, 3.63) is 118 Å². The van der Waals surface area contributed by atoms with Crippen molar-refractivity contribution in [1.29, 1.82) is 5.26 Å². The van der Waals surface area contributed by atoms with Gasteiger partial charge in [-0.3, -0.25) is 0 Å². The maximum absolute atomic E-state index is 15.0. The van der Waals surface area contributed by atoms with Gasteiger partial charge in [0.05, 0.1) is 11.1 Å². The van der Waals surface area contributed by atoms with Crippen LogP contribution < -0.4 is 0 Å². The highest BCUT2D eigenvalue weighted by molar-refractivity contribution is 5.86. The lowest BCUT2D eigenvalue weighted by Crippen LogP contribution is -1.89. The molecular weight excluding hydrogens is 424 g/mol. The Morgan fingerprint density at radius 3 is 2.09 bits per heavy atom. The summed E-state index contributed by atoms with van der Waals surface area (Å²) in [7, 11) is 0. The number of benzene rings is 4. The molecule has 0 saturated heterocycles. The highest BCUT2D eigenvalue weighted by atomic mass is 19.1. The molecule has 4 aromatic carbocycles. The summed E-state index contributed by atoms with van der Waals surface area (Å²) in [5.41, 5.74) is 3.60. The molecule has 0 saturated carbocycles. The third kappa shape index (κ3) is 5.32. The average molecular weight is 446 g/mol. The van der Waals surface area contributed by atoms with Gasteiger partial charge in [-0.05, 0) is 72.3 Å². The third-order valence-electron chi connectivity index (χ3n) is 5.51. The molecule has 0 unspecified atom stereocenters. The molecule has 0 spiro atoms. The Morgan fingerprint density at radius 2 is 1.35 bits per heavy atom. The number of nitriles is 1. The predicted molar refractivity (Wildman–Crippen MR) is 132 cm³/mol. The summed E-state index contributed by atoms with van der Waals surface area (Å²) in [6.45, 7) is 2.18. The molecule has 0 aliphatic heterocycles. The van der Waals surface area contributed by atoms with Crippen LogP contribution >= 0.6 is 0 Å². The van der Waals surface area contributed by atoms with Crippen LogP contribution in [0.2, 0.25) is 0 Å². The summed E-state index contributed by atoms with van der Waals surface area (Å²) in [6, 6.07) is 22.9. The first kappa shape index (κ1) is 22.8. The van der Waals surface area contributed by atoms with Gasteiger partial charge >= 0.3 is 0 Å². The lowest BCUT2D eigenvalue weighted by molar-refractivity contribution is 0.623. The highest BCUT2D eigenvalue weighted by Crippen LogP contribution is 2.22. The van der Waals surface area contributed by atoms with Gasteiger partial charge in [0.15, 0.2) is 0 Å². The van der Waals surface area contributed by atoms with E-state index in [1.807, 2.05) is 18.2 Å². The summed E-state index contributed by atoms with van der Waals surface area (Å²) in [4.78, 5) is 0. The van der Waals surface area contributed by atoms with Crippen molar-refractivity contribution in [3.8, 4) is 29.8 Å². The van der Waals surface area contributed by atoms with Crippen LogP contribution in [0.1, 0.15) is 53.1 Å². The van der Waals surface area contributed by atoms with E-state index in [2.05, 4.69) is 42.7 Å². The number of hydrogen-bond donors (Lipinski definition) is 0. The number of unbranched alkanes of at least 4 members (excludes halogenated alkanes) is 1. The van der Waals surface area contributed by atoms with E-state index < -0.39 is 11.6 Å². The van der Waals surface area contributed by atoms with Gasteiger partial charge in [-0.15, -0.1) is 0 Å². The second kappa shape index (κ2) is 10.5. The van der Waals surface area contributed by atoms with Crippen molar-refractivity contribution < 1.29 is 8.78 Å². The fourth-order valence-electron chi connectivity index (χ4n) is 3.57. The number of fused-ring (bicyclic) bond motifs is 1. The van der Waals surface area contributed by atoms with Crippen molar-refractivity contribution in [2.45, 2.75) is 26.2 Å². The van der Waals surface area contributed by atoms with Gasteiger partial charge in [-0.1, -0.05) is 61.3 Å². The van der Waals surface area contributed by atoms with Crippen LogP contribution in [-0.2, 0) is 6.42 Å². The number of nitrogens with zero attached hydrogens (tertiary/aromatic N) is 1. The molecule has 0 fully saturated rings. The van der Waals surface area contributed by atoms with Crippen molar-refractivity contribution in [2.75, 3.05) is 0 Å². The molecule has 164 valence electrons. The Bertz CT molecular complexity index is 1520. The van der Waals surface area contributed by atoms with Crippen molar-refractivity contribution in [3.63, 3.8) is 0 Å². The molecule has 0 aromatic heterocycles. The topological polar surface area (TPSA) is 23.8 Å². The number of halogens is 2. The largest absolute Gasteiger partial charge is 0.206 e. The third-order valence-corrected chi connectivity index (χ3v) is 5.51. The summed E-state index contributed by atoms with van der Waals surface area (Å²) in [5, 5.41) is 10.00. The number of aryl methyl sites for hydroxylation is 1. The molecular formula is C31H21F2N. The predicted octanol–water partition coefficient (Wildman–Crippen LogP) is 7.13. The fraction of sp³-hybridized carbons (Fsp3) is 0.129. The molecule has 34 heavy (non-hydrogen) atoms. The molecule has 0 amide bonds. The van der Waals surface area contributed by atoms with Gasteiger partial charge in [0.2, 0.25) is 0 Å². The van der Waals surface area contributed by atoms with Gasteiger partial charge in [0, 0.05) is 22.1 Å². The molecule has 0 radical (unpaired) electrons. The van der Waals surface area contributed by atoms with Gasteiger partial charge in [-0.2, -0.15) is 5.26 Å². The van der Waals surface area contributed by atoms with Crippen LogP contribution in [0, 0.1) is 46.6 Å². The quantitative estimate of drug-likeness (QED) is 0.308. The first-order valence-electron chi connectivity index (χ1n) is 11.1. The zero-order valence-electron chi connectivity index (χ0n) is 18.8. The van der Waals surface area contributed by atoms with Crippen LogP contribution in [-0.4, -0.2) is 0 Å². The minimum Gasteiger partial charge on any atom is -0.206 e. The molecule has 0 aliphatic carbocycles. The van der Waals surface area contributed by atoms with Crippen LogP contribution in [0.15, 0.2) is 72.8 Å². The van der Waals surface area contributed by atoms with Crippen molar-refractivity contribution in [1.82, 2.24) is 0 Å². The fourth-order valence-corrected chi connectivity index (χ4v) is 3.57. The number of rotatable bonds is 3. The molecule has 0 bridgehead atoms. The smallest absolute Gasteiger partial charge is 0.146 e. The van der Waals surface area contributed by atoms with Gasteiger partial charge in [0.25, 0.3) is 0 Å². The number of hydrogen-bond acceptors (Lipinski definition) is 1. The van der Waals surface area contributed by atoms with E-state index >= 15 is 4.39 Å². The lowest BCUT2D eigenvalue weighted by atomic mass is 10.0. The second-order valence-electron chi connectivity index (χ2n) is 7.97. The Labute approximate surface area is 198 Å². The van der Waals surface area contributed by atoms with Crippen LogP contribution in [0.25, 0.3) is 10.8 Å². The molecule has 3 heteroatoms. The van der Waals surface area contributed by atoms with Gasteiger partial charge in [-0.25, -0.2) is 8.78 Å². The van der Waals surface area contributed by atoms with Gasteiger partial charge < -0.3 is 0 Å². The van der Waals surface area contributed by atoms with E-state index in [4.69, 9.17) is 5.26 Å². The Kier molecular flexibility index (Phi) is 7.03. The molecule has 0 N–H and O–H groups in total. The van der Waals surface area contributed by atoms with E-state index in [0.717, 1.165) is 22.9 Å². The SMILES string of the molecule is CCCCc1ccc(C#Cc2ccc3c(F)c(C#Cc4ccc(C#N)c(F)c4)ccc3c2)cc1. The monoisotopic (exact) mass is 445 g/mol. The standard InChI is InChI=1S/C31H21F2N/c1-2-3-4-22-5-7-23(8-6-22)9-10-24-13-18-29-27(19-24)17-16-26(31(29)33)14-11-25-12-15-28(21-34)30(32)20-25/h5-8,12-13,15-20H,2-4H2,1H3. The molecule has 1 nitrogen and oxygen atoms in total. The average Bonchev–Trinajstić information content (AvgIpc) is 2.86. The highest BCUT2D eigenvalue weighted by Gasteiger charge is 2.07. The molecule has 0 heterocycles. The van der Waals surface area contributed by atoms with E-state index in [1.165, 1.54) is 36.6 Å². The molecule has 0 aliphatic rings. The first-order chi connectivity index (χ1) is 16.6. The van der Waals surface area contributed by atoms with Gasteiger partial charge in [0.1, 0.15) is 17.7 Å². The summed E-state index contributed by atoms with van der Waals surface area (Å²) in [6.07, 6.45) is 3.44. The maximum atomic E-state index is 15.0. The lowest BCUT2D eigenvalue weighted by Gasteiger charge is -2.03. The normalized spacial score (nSPS) is 10.1.